The zero-order chi connectivity index (χ0) is 15.2. The van der Waals surface area contributed by atoms with E-state index in [9.17, 15) is 18.0 Å². The van der Waals surface area contributed by atoms with E-state index in [-0.39, 0.29) is 5.56 Å². The van der Waals surface area contributed by atoms with Crippen LogP contribution < -0.4 is 5.32 Å². The lowest BCUT2D eigenvalue weighted by molar-refractivity contribution is -0.137. The van der Waals surface area contributed by atoms with Crippen molar-refractivity contribution in [1.82, 2.24) is 5.32 Å². The standard InChI is InChI=1S/C14H17ClF3NO/c1-10(9-15)5-4-8-19-13(20)11-6-2-3-7-12(11)14(16,17)18/h2-3,6-7,10H,4-5,8-9H2,1H3,(H,19,20). The lowest BCUT2D eigenvalue weighted by Gasteiger charge is -2.13. The van der Waals surface area contributed by atoms with Crippen LogP contribution in [0.1, 0.15) is 35.7 Å². The molecule has 20 heavy (non-hydrogen) atoms. The van der Waals surface area contributed by atoms with Crippen molar-refractivity contribution in [2.45, 2.75) is 25.9 Å². The second-order valence-corrected chi connectivity index (χ2v) is 5.01. The summed E-state index contributed by atoms with van der Waals surface area (Å²) in [6, 6.07) is 4.77. The van der Waals surface area contributed by atoms with Crippen LogP contribution in [0.25, 0.3) is 0 Å². The first-order valence-electron chi connectivity index (χ1n) is 6.36. The SMILES string of the molecule is CC(CCl)CCCNC(=O)c1ccccc1C(F)(F)F. The maximum absolute atomic E-state index is 12.8. The molecule has 0 fully saturated rings. The number of nitrogens with one attached hydrogen (secondary N) is 1. The van der Waals surface area contributed by atoms with Crippen molar-refractivity contribution in [2.75, 3.05) is 12.4 Å². The van der Waals surface area contributed by atoms with E-state index in [1.165, 1.54) is 18.2 Å². The maximum atomic E-state index is 12.8. The summed E-state index contributed by atoms with van der Waals surface area (Å²) in [7, 11) is 0. The zero-order valence-electron chi connectivity index (χ0n) is 11.1. The van der Waals surface area contributed by atoms with Gasteiger partial charge in [0.1, 0.15) is 0 Å². The minimum Gasteiger partial charge on any atom is -0.352 e. The van der Waals surface area contributed by atoms with Crippen molar-refractivity contribution in [2.24, 2.45) is 5.92 Å². The van der Waals surface area contributed by atoms with Crippen LogP contribution in [0.15, 0.2) is 24.3 Å². The second-order valence-electron chi connectivity index (χ2n) is 4.70. The molecule has 1 N–H and O–H groups in total. The molecule has 2 nitrogen and oxygen atoms in total. The highest BCUT2D eigenvalue weighted by atomic mass is 35.5. The van der Waals surface area contributed by atoms with Crippen LogP contribution in [0.4, 0.5) is 13.2 Å². The van der Waals surface area contributed by atoms with E-state index in [0.717, 1.165) is 12.5 Å². The predicted molar refractivity (Wildman–Crippen MR) is 72.9 cm³/mol. The van der Waals surface area contributed by atoms with Crippen LogP contribution in [0.3, 0.4) is 0 Å². The highest BCUT2D eigenvalue weighted by molar-refractivity contribution is 6.18. The summed E-state index contributed by atoms with van der Waals surface area (Å²) < 4.78 is 38.3. The van der Waals surface area contributed by atoms with Gasteiger partial charge in [0, 0.05) is 12.4 Å². The van der Waals surface area contributed by atoms with E-state index < -0.39 is 17.6 Å². The van der Waals surface area contributed by atoms with E-state index in [4.69, 9.17) is 11.6 Å². The molecule has 0 aromatic heterocycles. The number of benzene rings is 1. The third kappa shape index (κ3) is 5.04. The fourth-order valence-electron chi connectivity index (χ4n) is 1.75. The molecule has 1 unspecified atom stereocenters. The van der Waals surface area contributed by atoms with E-state index in [2.05, 4.69) is 5.32 Å². The molecule has 112 valence electrons. The third-order valence-electron chi connectivity index (χ3n) is 2.90. The van der Waals surface area contributed by atoms with Crippen molar-refractivity contribution in [3.8, 4) is 0 Å². The van der Waals surface area contributed by atoms with Gasteiger partial charge in [-0.15, -0.1) is 11.6 Å². The Hall–Kier alpha value is -1.23. The third-order valence-corrected chi connectivity index (χ3v) is 3.43. The van der Waals surface area contributed by atoms with Gasteiger partial charge in [-0.3, -0.25) is 4.79 Å². The first kappa shape index (κ1) is 16.8. The summed E-state index contributed by atoms with van der Waals surface area (Å²) in [5, 5.41) is 2.51. The van der Waals surface area contributed by atoms with E-state index in [0.29, 0.717) is 24.8 Å². The quantitative estimate of drug-likeness (QED) is 0.622. The molecule has 1 atom stereocenters. The van der Waals surface area contributed by atoms with Crippen molar-refractivity contribution >= 4 is 17.5 Å². The first-order chi connectivity index (χ1) is 9.36. The van der Waals surface area contributed by atoms with Crippen molar-refractivity contribution < 1.29 is 18.0 Å². The van der Waals surface area contributed by atoms with Crippen LogP contribution in [0.5, 0.6) is 0 Å². The highest BCUT2D eigenvalue weighted by Crippen LogP contribution is 2.31. The van der Waals surface area contributed by atoms with Gasteiger partial charge in [-0.05, 0) is 30.9 Å². The van der Waals surface area contributed by atoms with E-state index in [1.807, 2.05) is 6.92 Å². The topological polar surface area (TPSA) is 29.1 Å². The number of carbonyl (C=O) groups is 1. The maximum Gasteiger partial charge on any atom is 0.417 e. The Bertz CT molecular complexity index is 448. The highest BCUT2D eigenvalue weighted by Gasteiger charge is 2.34. The van der Waals surface area contributed by atoms with Gasteiger partial charge < -0.3 is 5.32 Å². The molecule has 1 aromatic rings. The molecule has 0 bridgehead atoms. The molecule has 0 radical (unpaired) electrons. The minimum absolute atomic E-state index is 0.330. The molecule has 0 aliphatic heterocycles. The Morgan fingerprint density at radius 3 is 2.60 bits per heavy atom. The van der Waals surface area contributed by atoms with Crippen LogP contribution >= 0.6 is 11.6 Å². The molecule has 6 heteroatoms. The lowest BCUT2D eigenvalue weighted by Crippen LogP contribution is -2.27. The molecular formula is C14H17ClF3NO. The summed E-state index contributed by atoms with van der Waals surface area (Å²) in [6.07, 6.45) is -3.01. The molecule has 1 rings (SSSR count). The molecule has 0 heterocycles. The van der Waals surface area contributed by atoms with Gasteiger partial charge in [-0.2, -0.15) is 13.2 Å². The summed E-state index contributed by atoms with van der Waals surface area (Å²) in [4.78, 5) is 11.8. The fourth-order valence-corrected chi connectivity index (χ4v) is 1.91. The Labute approximate surface area is 121 Å². The molecule has 1 amide bonds. The monoisotopic (exact) mass is 307 g/mol. The van der Waals surface area contributed by atoms with Crippen LogP contribution in [0, 0.1) is 5.92 Å². The average molecular weight is 308 g/mol. The van der Waals surface area contributed by atoms with Crippen molar-refractivity contribution in [3.63, 3.8) is 0 Å². The van der Waals surface area contributed by atoms with E-state index >= 15 is 0 Å². The number of hydrogen-bond acceptors (Lipinski definition) is 1. The summed E-state index contributed by atoms with van der Waals surface area (Å²) in [5.74, 6) is 0.165. The van der Waals surface area contributed by atoms with Crippen LogP contribution in [-0.4, -0.2) is 18.3 Å². The fraction of sp³-hybridized carbons (Fsp3) is 0.500. The normalized spacial score (nSPS) is 13.1. The Kier molecular flexibility index (Phi) is 6.33. The van der Waals surface area contributed by atoms with Gasteiger partial charge in [0.05, 0.1) is 11.1 Å². The van der Waals surface area contributed by atoms with Crippen molar-refractivity contribution in [3.05, 3.63) is 35.4 Å². The first-order valence-corrected chi connectivity index (χ1v) is 6.90. The van der Waals surface area contributed by atoms with Gasteiger partial charge in [0.25, 0.3) is 5.91 Å². The molecule has 0 aliphatic carbocycles. The summed E-state index contributed by atoms with van der Waals surface area (Å²) in [6.45, 7) is 2.32. The average Bonchev–Trinajstić information content (AvgIpc) is 2.42. The number of carbonyl (C=O) groups excluding carboxylic acids is 1. The second kappa shape index (κ2) is 7.53. The van der Waals surface area contributed by atoms with E-state index in [1.54, 1.807) is 0 Å². The molecule has 0 saturated carbocycles. The Morgan fingerprint density at radius 1 is 1.35 bits per heavy atom. The molecular weight excluding hydrogens is 291 g/mol. The molecule has 0 spiro atoms. The number of rotatable bonds is 6. The lowest BCUT2D eigenvalue weighted by atomic mass is 10.1. The molecule has 0 saturated heterocycles. The number of alkyl halides is 4. The van der Waals surface area contributed by atoms with Gasteiger partial charge in [-0.1, -0.05) is 19.1 Å². The number of halogens is 4. The molecule has 0 aliphatic rings. The molecule has 1 aromatic carbocycles. The van der Waals surface area contributed by atoms with Gasteiger partial charge in [0.15, 0.2) is 0 Å². The van der Waals surface area contributed by atoms with Crippen LogP contribution in [-0.2, 0) is 6.18 Å². The van der Waals surface area contributed by atoms with Gasteiger partial charge in [0.2, 0.25) is 0 Å². The Balaban J connectivity index is 2.60. The predicted octanol–water partition coefficient (Wildman–Crippen LogP) is 4.09. The number of hydrogen-bond donors (Lipinski definition) is 1. The summed E-state index contributed by atoms with van der Waals surface area (Å²) >= 11 is 5.65. The summed E-state index contributed by atoms with van der Waals surface area (Å²) in [5.41, 5.74) is -1.25. The Morgan fingerprint density at radius 2 is 2.00 bits per heavy atom. The van der Waals surface area contributed by atoms with Gasteiger partial charge >= 0.3 is 6.18 Å². The minimum atomic E-state index is -4.53. The van der Waals surface area contributed by atoms with Gasteiger partial charge in [-0.25, -0.2) is 0 Å². The van der Waals surface area contributed by atoms with Crippen LogP contribution in [0.2, 0.25) is 0 Å². The zero-order valence-corrected chi connectivity index (χ0v) is 11.9. The smallest absolute Gasteiger partial charge is 0.352 e. The largest absolute Gasteiger partial charge is 0.417 e. The number of amides is 1. The van der Waals surface area contributed by atoms with Crippen molar-refractivity contribution in [1.29, 1.82) is 0 Å².